The summed E-state index contributed by atoms with van der Waals surface area (Å²) in [6.07, 6.45) is 2.53. The first-order valence-electron chi connectivity index (χ1n) is 8.04. The van der Waals surface area contributed by atoms with Gasteiger partial charge >= 0.3 is 0 Å². The topological polar surface area (TPSA) is 87.3 Å². The predicted molar refractivity (Wildman–Crippen MR) is 100 cm³/mol. The van der Waals surface area contributed by atoms with Crippen LogP contribution in [-0.4, -0.2) is 40.5 Å². The molecule has 2 atom stereocenters. The van der Waals surface area contributed by atoms with Crippen molar-refractivity contribution in [3.8, 4) is 0 Å². The fourth-order valence-electron chi connectivity index (χ4n) is 2.99. The first kappa shape index (κ1) is 18.3. The van der Waals surface area contributed by atoms with E-state index in [0.29, 0.717) is 18.2 Å². The maximum Gasteiger partial charge on any atom is 0.222 e. The summed E-state index contributed by atoms with van der Waals surface area (Å²) in [4.78, 5) is 11.4. The molecule has 0 saturated carbocycles. The molecule has 1 aromatic heterocycles. The smallest absolute Gasteiger partial charge is 0.222 e. The van der Waals surface area contributed by atoms with Crippen molar-refractivity contribution in [2.45, 2.75) is 24.3 Å². The minimum Gasteiger partial charge on any atom is -0.612 e. The van der Waals surface area contributed by atoms with E-state index in [1.54, 1.807) is 18.4 Å². The van der Waals surface area contributed by atoms with Crippen molar-refractivity contribution in [3.63, 3.8) is 0 Å². The number of rotatable bonds is 3. The molecule has 1 fully saturated rings. The van der Waals surface area contributed by atoms with Gasteiger partial charge in [-0.05, 0) is 36.7 Å². The molecule has 1 aliphatic heterocycles. The van der Waals surface area contributed by atoms with Crippen molar-refractivity contribution in [1.82, 2.24) is 9.97 Å². The van der Waals surface area contributed by atoms with Gasteiger partial charge in [-0.15, -0.1) is 0 Å². The molecule has 6 nitrogen and oxygen atoms in total. The van der Waals surface area contributed by atoms with Crippen molar-refractivity contribution in [3.05, 3.63) is 40.5 Å². The number of anilines is 2. The molecular weight excluding hydrogens is 360 g/mol. The van der Waals surface area contributed by atoms with Crippen LogP contribution in [0.2, 0.25) is 5.02 Å². The van der Waals surface area contributed by atoms with Crippen LogP contribution in [0.4, 0.5) is 11.8 Å². The Morgan fingerprint density at radius 1 is 1.36 bits per heavy atom. The molecule has 2 heterocycles. The Kier molecular flexibility index (Phi) is 5.68. The largest absolute Gasteiger partial charge is 0.612 e. The zero-order valence-electron chi connectivity index (χ0n) is 14.2. The lowest BCUT2D eigenvalue weighted by Crippen LogP contribution is -2.32. The number of nitrogens with zero attached hydrogens (tertiary/aromatic N) is 3. The SMILES string of the molecule is Cc1cc(N2CCCOC[C@H]2c2cc([S@@+](C)[O-])ccc2Cl)nc(N)n1. The van der Waals surface area contributed by atoms with Crippen LogP contribution >= 0.6 is 11.6 Å². The lowest BCUT2D eigenvalue weighted by atomic mass is 10.1. The van der Waals surface area contributed by atoms with Crippen LogP contribution in [0.25, 0.3) is 0 Å². The number of hydrogen-bond donors (Lipinski definition) is 1. The van der Waals surface area contributed by atoms with Gasteiger partial charge in [-0.3, -0.25) is 0 Å². The normalized spacial score (nSPS) is 19.5. The molecule has 0 amide bonds. The molecule has 1 aromatic carbocycles. The minimum absolute atomic E-state index is 0.132. The van der Waals surface area contributed by atoms with Crippen LogP contribution < -0.4 is 10.6 Å². The molecule has 1 aliphatic rings. The Morgan fingerprint density at radius 3 is 2.88 bits per heavy atom. The molecule has 0 radical (unpaired) electrons. The standard InChI is InChI=1S/C17H21ClN4O2S/c1-11-8-16(21-17(19)20-11)22-6-3-7-24-10-15(22)13-9-12(25(2)23)4-5-14(13)18/h4-5,8-9,15H,3,6-7,10H2,1-2H3,(H2,19,20,21)/t15-,25+/m0/s1. The molecule has 2 aromatic rings. The van der Waals surface area contributed by atoms with Gasteiger partial charge in [-0.2, -0.15) is 4.98 Å². The minimum atomic E-state index is -1.08. The van der Waals surface area contributed by atoms with E-state index in [4.69, 9.17) is 22.1 Å². The number of aryl methyl sites for hydroxylation is 1. The number of benzene rings is 1. The Morgan fingerprint density at radius 2 is 2.16 bits per heavy atom. The highest BCUT2D eigenvalue weighted by molar-refractivity contribution is 7.90. The van der Waals surface area contributed by atoms with Crippen molar-refractivity contribution in [1.29, 1.82) is 0 Å². The van der Waals surface area contributed by atoms with Gasteiger partial charge in [0.15, 0.2) is 4.90 Å². The molecule has 0 aliphatic carbocycles. The van der Waals surface area contributed by atoms with Crippen molar-refractivity contribution < 1.29 is 9.29 Å². The molecule has 0 bridgehead atoms. The third-order valence-electron chi connectivity index (χ3n) is 4.15. The highest BCUT2D eigenvalue weighted by Crippen LogP contribution is 2.34. The highest BCUT2D eigenvalue weighted by Gasteiger charge is 2.28. The van der Waals surface area contributed by atoms with Crippen molar-refractivity contribution in [2.24, 2.45) is 0 Å². The number of aromatic nitrogens is 2. The zero-order valence-corrected chi connectivity index (χ0v) is 15.8. The number of hydrogen-bond acceptors (Lipinski definition) is 6. The van der Waals surface area contributed by atoms with Gasteiger partial charge in [-0.1, -0.05) is 11.6 Å². The summed E-state index contributed by atoms with van der Waals surface area (Å²) in [5, 5.41) is 0.619. The Bertz CT molecular complexity index is 739. The molecule has 25 heavy (non-hydrogen) atoms. The predicted octanol–water partition coefficient (Wildman–Crippen LogP) is 2.73. The van der Waals surface area contributed by atoms with Crippen LogP contribution in [0.1, 0.15) is 23.7 Å². The van der Waals surface area contributed by atoms with Crippen LogP contribution in [0.3, 0.4) is 0 Å². The summed E-state index contributed by atoms with van der Waals surface area (Å²) >= 11 is 5.38. The van der Waals surface area contributed by atoms with Crippen LogP contribution in [0.15, 0.2) is 29.2 Å². The summed E-state index contributed by atoms with van der Waals surface area (Å²) in [6, 6.07) is 7.24. The molecule has 0 unspecified atom stereocenters. The van der Waals surface area contributed by atoms with Crippen molar-refractivity contribution in [2.75, 3.05) is 36.6 Å². The highest BCUT2D eigenvalue weighted by atomic mass is 35.5. The first-order chi connectivity index (χ1) is 12.0. The fourth-order valence-corrected chi connectivity index (χ4v) is 3.78. The molecule has 2 N–H and O–H groups in total. The van der Waals surface area contributed by atoms with E-state index < -0.39 is 11.2 Å². The second-order valence-corrected chi connectivity index (χ2v) is 7.79. The Hall–Kier alpha value is -1.54. The first-order valence-corrected chi connectivity index (χ1v) is 9.97. The Balaban J connectivity index is 2.05. The van der Waals surface area contributed by atoms with Gasteiger partial charge in [0.1, 0.15) is 12.1 Å². The Labute approximate surface area is 155 Å². The maximum absolute atomic E-state index is 11.9. The van der Waals surface area contributed by atoms with Gasteiger partial charge < -0.3 is 19.9 Å². The van der Waals surface area contributed by atoms with E-state index >= 15 is 0 Å². The quantitative estimate of drug-likeness (QED) is 0.824. The van der Waals surface area contributed by atoms with E-state index in [-0.39, 0.29) is 12.0 Å². The van der Waals surface area contributed by atoms with Gasteiger partial charge in [0.25, 0.3) is 0 Å². The molecule has 1 saturated heterocycles. The third-order valence-corrected chi connectivity index (χ3v) is 5.41. The van der Waals surface area contributed by atoms with Gasteiger partial charge in [0, 0.05) is 41.6 Å². The summed E-state index contributed by atoms with van der Waals surface area (Å²) in [5.41, 5.74) is 7.52. The van der Waals surface area contributed by atoms with Crippen molar-refractivity contribution >= 4 is 34.5 Å². The lowest BCUT2D eigenvalue weighted by molar-refractivity contribution is 0.134. The number of nitrogens with two attached hydrogens (primary N) is 1. The van der Waals surface area contributed by atoms with Crippen LogP contribution in [0, 0.1) is 6.92 Å². The molecule has 3 rings (SSSR count). The average molecular weight is 381 g/mol. The van der Waals surface area contributed by atoms with E-state index in [1.165, 1.54) is 0 Å². The third kappa shape index (κ3) is 4.17. The molecule has 134 valence electrons. The monoisotopic (exact) mass is 380 g/mol. The van der Waals surface area contributed by atoms with Crippen LogP contribution in [-0.2, 0) is 15.9 Å². The average Bonchev–Trinajstić information content (AvgIpc) is 2.80. The maximum atomic E-state index is 11.9. The zero-order chi connectivity index (χ0) is 18.0. The summed E-state index contributed by atoms with van der Waals surface area (Å²) < 4.78 is 17.7. The second-order valence-electron chi connectivity index (χ2n) is 6.00. The van der Waals surface area contributed by atoms with E-state index in [1.807, 2.05) is 19.1 Å². The summed E-state index contributed by atoms with van der Waals surface area (Å²) in [6.45, 7) is 3.79. The number of nitrogen functional groups attached to an aromatic ring is 1. The van der Waals surface area contributed by atoms with E-state index in [2.05, 4.69) is 14.9 Å². The molecular formula is C17H21ClN4O2S. The summed E-state index contributed by atoms with van der Waals surface area (Å²) in [7, 11) is 0. The summed E-state index contributed by atoms with van der Waals surface area (Å²) in [5.74, 6) is 0.994. The number of ether oxygens (including phenoxy) is 1. The van der Waals surface area contributed by atoms with E-state index in [9.17, 15) is 4.55 Å². The molecule has 8 heteroatoms. The van der Waals surface area contributed by atoms with Gasteiger partial charge in [0.05, 0.1) is 12.6 Å². The van der Waals surface area contributed by atoms with Gasteiger partial charge in [-0.25, -0.2) is 4.98 Å². The fraction of sp³-hybridized carbons (Fsp3) is 0.412. The number of halogens is 1. The molecule has 0 spiro atoms. The lowest BCUT2D eigenvalue weighted by Gasteiger charge is -2.31. The van der Waals surface area contributed by atoms with E-state index in [0.717, 1.165) is 34.9 Å². The van der Waals surface area contributed by atoms with Crippen LogP contribution in [0.5, 0.6) is 0 Å². The van der Waals surface area contributed by atoms with Gasteiger partial charge in [0.2, 0.25) is 5.95 Å². The second kappa shape index (κ2) is 7.78.